The summed E-state index contributed by atoms with van der Waals surface area (Å²) in [7, 11) is 0. The van der Waals surface area contributed by atoms with E-state index in [0.29, 0.717) is 6.04 Å². The van der Waals surface area contributed by atoms with Crippen LogP contribution in [0.15, 0.2) is 24.3 Å². The van der Waals surface area contributed by atoms with Gasteiger partial charge in [0, 0.05) is 23.8 Å². The molecule has 19 heavy (non-hydrogen) atoms. The molecule has 100 valence electrons. The van der Waals surface area contributed by atoms with Crippen molar-refractivity contribution in [3.63, 3.8) is 0 Å². The fourth-order valence-corrected chi connectivity index (χ4v) is 2.41. The molecule has 0 bridgehead atoms. The summed E-state index contributed by atoms with van der Waals surface area (Å²) in [6.45, 7) is 4.02. The number of aryl methyl sites for hydroxylation is 1. The second-order valence-corrected chi connectivity index (χ2v) is 5.00. The molecular weight excluding hydrogens is 238 g/mol. The summed E-state index contributed by atoms with van der Waals surface area (Å²) >= 11 is 0. The van der Waals surface area contributed by atoms with Crippen molar-refractivity contribution >= 4 is 5.69 Å². The summed E-state index contributed by atoms with van der Waals surface area (Å²) in [5.41, 5.74) is 2.15. The Morgan fingerprint density at radius 2 is 2.37 bits per heavy atom. The Labute approximate surface area is 112 Å². The predicted molar refractivity (Wildman–Crippen MR) is 76.1 cm³/mol. The maximum Gasteiger partial charge on any atom is 0.181 e. The fourth-order valence-electron chi connectivity index (χ4n) is 2.41. The first-order chi connectivity index (χ1) is 9.31. The topological polar surface area (TPSA) is 65.6 Å². The lowest BCUT2D eigenvalue weighted by molar-refractivity contribution is 0.633. The largest absolute Gasteiger partial charge is 0.383 e. The summed E-state index contributed by atoms with van der Waals surface area (Å²) in [5, 5.41) is 14.0. The molecule has 0 saturated carbocycles. The van der Waals surface area contributed by atoms with Crippen LogP contribution in [0.3, 0.4) is 0 Å². The van der Waals surface area contributed by atoms with Gasteiger partial charge in [-0.3, -0.25) is 5.10 Å². The van der Waals surface area contributed by atoms with Crippen LogP contribution in [0.5, 0.6) is 0 Å². The predicted octanol–water partition coefficient (Wildman–Crippen LogP) is 1.94. The van der Waals surface area contributed by atoms with Crippen molar-refractivity contribution in [2.45, 2.75) is 25.8 Å². The molecule has 2 aromatic rings. The molecular formula is C14H19N5. The zero-order valence-corrected chi connectivity index (χ0v) is 11.1. The molecule has 1 atom stereocenters. The third-order valence-electron chi connectivity index (χ3n) is 3.43. The number of hydrogen-bond donors (Lipinski definition) is 3. The summed E-state index contributed by atoms with van der Waals surface area (Å²) in [5.74, 6) is 1.59. The van der Waals surface area contributed by atoms with Crippen molar-refractivity contribution < 1.29 is 0 Å². The Morgan fingerprint density at radius 3 is 3.11 bits per heavy atom. The van der Waals surface area contributed by atoms with E-state index in [0.717, 1.165) is 36.0 Å². The smallest absolute Gasteiger partial charge is 0.181 e. The van der Waals surface area contributed by atoms with Gasteiger partial charge in [-0.15, -0.1) is 0 Å². The summed E-state index contributed by atoms with van der Waals surface area (Å²) in [6.07, 6.45) is 2.54. The minimum absolute atomic E-state index is 0.592. The number of hydrogen-bond acceptors (Lipinski definition) is 4. The van der Waals surface area contributed by atoms with Crippen LogP contribution in [0.25, 0.3) is 11.4 Å². The zero-order chi connectivity index (χ0) is 13.1. The Bertz CT molecular complexity index is 542. The van der Waals surface area contributed by atoms with Gasteiger partial charge in [0.15, 0.2) is 5.82 Å². The van der Waals surface area contributed by atoms with Gasteiger partial charge in [0.05, 0.1) is 0 Å². The van der Waals surface area contributed by atoms with Crippen molar-refractivity contribution in [2.75, 3.05) is 18.4 Å². The molecule has 3 rings (SSSR count). The summed E-state index contributed by atoms with van der Waals surface area (Å²) < 4.78 is 0. The van der Waals surface area contributed by atoms with Crippen LogP contribution >= 0.6 is 0 Å². The van der Waals surface area contributed by atoms with E-state index in [1.54, 1.807) is 0 Å². The maximum absolute atomic E-state index is 4.35. The number of H-pyrrole nitrogens is 1. The van der Waals surface area contributed by atoms with Gasteiger partial charge in [-0.1, -0.05) is 12.1 Å². The minimum atomic E-state index is 0.592. The number of anilines is 1. The molecule has 1 unspecified atom stereocenters. The first-order valence-corrected chi connectivity index (χ1v) is 6.78. The molecule has 0 amide bonds. The van der Waals surface area contributed by atoms with Crippen LogP contribution in [0.2, 0.25) is 0 Å². The summed E-state index contributed by atoms with van der Waals surface area (Å²) in [4.78, 5) is 4.35. The second kappa shape index (κ2) is 5.40. The molecule has 2 heterocycles. The maximum atomic E-state index is 4.35. The number of aromatic nitrogens is 3. The van der Waals surface area contributed by atoms with Crippen molar-refractivity contribution in [1.29, 1.82) is 0 Å². The van der Waals surface area contributed by atoms with Gasteiger partial charge in [-0.25, -0.2) is 4.98 Å². The van der Waals surface area contributed by atoms with Gasteiger partial charge in [-0.05, 0) is 38.4 Å². The van der Waals surface area contributed by atoms with Crippen molar-refractivity contribution in [2.24, 2.45) is 0 Å². The van der Waals surface area contributed by atoms with E-state index in [9.17, 15) is 0 Å². The van der Waals surface area contributed by atoms with E-state index in [4.69, 9.17) is 0 Å². The molecule has 1 fully saturated rings. The van der Waals surface area contributed by atoms with Crippen molar-refractivity contribution in [3.8, 4) is 11.4 Å². The number of rotatable bonds is 4. The Hall–Kier alpha value is -1.88. The Kier molecular flexibility index (Phi) is 3.46. The third-order valence-corrected chi connectivity index (χ3v) is 3.43. The van der Waals surface area contributed by atoms with E-state index >= 15 is 0 Å². The molecule has 3 N–H and O–H groups in total. The molecule has 1 aromatic heterocycles. The van der Waals surface area contributed by atoms with Gasteiger partial charge in [0.25, 0.3) is 0 Å². The highest BCUT2D eigenvalue weighted by Gasteiger charge is 2.13. The SMILES string of the molecule is Cc1nc(-c2cccc(NCC3CCCN3)c2)n[nH]1. The fraction of sp³-hybridized carbons (Fsp3) is 0.429. The van der Waals surface area contributed by atoms with E-state index in [1.807, 2.05) is 19.1 Å². The minimum Gasteiger partial charge on any atom is -0.383 e. The molecule has 5 nitrogen and oxygen atoms in total. The molecule has 1 aromatic carbocycles. The van der Waals surface area contributed by atoms with Crippen LogP contribution in [-0.2, 0) is 0 Å². The first-order valence-electron chi connectivity index (χ1n) is 6.78. The van der Waals surface area contributed by atoms with E-state index in [-0.39, 0.29) is 0 Å². The van der Waals surface area contributed by atoms with Crippen LogP contribution in [-0.4, -0.2) is 34.3 Å². The van der Waals surface area contributed by atoms with E-state index in [2.05, 4.69) is 37.9 Å². The average Bonchev–Trinajstić information content (AvgIpc) is 3.08. The lowest BCUT2D eigenvalue weighted by atomic mass is 10.1. The first kappa shape index (κ1) is 12.2. The highest BCUT2D eigenvalue weighted by atomic mass is 15.2. The highest BCUT2D eigenvalue weighted by Crippen LogP contribution is 2.19. The molecule has 5 heteroatoms. The Balaban J connectivity index is 1.69. The molecule has 0 aliphatic carbocycles. The van der Waals surface area contributed by atoms with E-state index in [1.165, 1.54) is 12.8 Å². The van der Waals surface area contributed by atoms with Gasteiger partial charge < -0.3 is 10.6 Å². The van der Waals surface area contributed by atoms with Gasteiger partial charge in [-0.2, -0.15) is 5.10 Å². The molecule has 1 aliphatic rings. The lowest BCUT2D eigenvalue weighted by Gasteiger charge is -2.12. The van der Waals surface area contributed by atoms with Crippen LogP contribution in [0.4, 0.5) is 5.69 Å². The number of nitrogens with zero attached hydrogens (tertiary/aromatic N) is 2. The Morgan fingerprint density at radius 1 is 1.42 bits per heavy atom. The normalized spacial score (nSPS) is 18.7. The number of benzene rings is 1. The monoisotopic (exact) mass is 257 g/mol. The summed E-state index contributed by atoms with van der Waals surface area (Å²) in [6, 6.07) is 8.83. The third kappa shape index (κ3) is 2.93. The van der Waals surface area contributed by atoms with Gasteiger partial charge in [0.1, 0.15) is 5.82 Å². The molecule has 0 spiro atoms. The highest BCUT2D eigenvalue weighted by molar-refractivity contribution is 5.62. The second-order valence-electron chi connectivity index (χ2n) is 5.00. The van der Waals surface area contributed by atoms with Crippen LogP contribution < -0.4 is 10.6 Å². The average molecular weight is 257 g/mol. The molecule has 1 saturated heterocycles. The zero-order valence-electron chi connectivity index (χ0n) is 11.1. The van der Waals surface area contributed by atoms with Crippen LogP contribution in [0, 0.1) is 6.92 Å². The van der Waals surface area contributed by atoms with E-state index < -0.39 is 0 Å². The standard InChI is InChI=1S/C14H19N5/c1-10-17-14(19-18-10)11-4-2-5-12(8-11)16-9-13-6-3-7-15-13/h2,4-5,8,13,15-16H,3,6-7,9H2,1H3,(H,17,18,19). The quantitative estimate of drug-likeness (QED) is 0.783. The van der Waals surface area contributed by atoms with Gasteiger partial charge >= 0.3 is 0 Å². The van der Waals surface area contributed by atoms with Crippen molar-refractivity contribution in [1.82, 2.24) is 20.5 Å². The number of nitrogens with one attached hydrogen (secondary N) is 3. The van der Waals surface area contributed by atoms with Crippen molar-refractivity contribution in [3.05, 3.63) is 30.1 Å². The van der Waals surface area contributed by atoms with Gasteiger partial charge in [0.2, 0.25) is 0 Å². The molecule has 1 aliphatic heterocycles. The lowest BCUT2D eigenvalue weighted by Crippen LogP contribution is -2.29. The van der Waals surface area contributed by atoms with Crippen LogP contribution in [0.1, 0.15) is 18.7 Å². The molecule has 0 radical (unpaired) electrons. The number of aromatic amines is 1.